The highest BCUT2D eigenvalue weighted by atomic mass is 16.5. The SMILES string of the molecule is COC(=O)[C@@H](Cc1ccccc1)NC(=O)C12CC1/C(=N\O)c1ccccc1O2. The zero-order valence-corrected chi connectivity index (χ0v) is 15.3. The number of hydrogen-bond acceptors (Lipinski definition) is 6. The molecule has 4 rings (SSSR count). The van der Waals surface area contributed by atoms with Crippen LogP contribution in [0.15, 0.2) is 59.8 Å². The Kier molecular flexibility index (Phi) is 4.50. The Labute approximate surface area is 162 Å². The number of esters is 1. The van der Waals surface area contributed by atoms with Crippen LogP contribution < -0.4 is 10.1 Å². The molecule has 144 valence electrons. The number of carbonyl (C=O) groups is 2. The van der Waals surface area contributed by atoms with E-state index in [2.05, 4.69) is 10.5 Å². The summed E-state index contributed by atoms with van der Waals surface area (Å²) in [6.07, 6.45) is 0.684. The molecule has 2 aliphatic rings. The first-order chi connectivity index (χ1) is 13.6. The number of fused-ring (bicyclic) bond motifs is 2. The van der Waals surface area contributed by atoms with Crippen LogP contribution in [-0.2, 0) is 20.7 Å². The molecule has 0 bridgehead atoms. The van der Waals surface area contributed by atoms with Crippen LogP contribution in [0.3, 0.4) is 0 Å². The van der Waals surface area contributed by atoms with Gasteiger partial charge in [-0.25, -0.2) is 4.79 Å². The summed E-state index contributed by atoms with van der Waals surface area (Å²) >= 11 is 0. The van der Waals surface area contributed by atoms with Crippen molar-refractivity contribution >= 4 is 17.6 Å². The lowest BCUT2D eigenvalue weighted by atomic mass is 9.99. The predicted molar refractivity (Wildman–Crippen MR) is 100 cm³/mol. The van der Waals surface area contributed by atoms with Crippen molar-refractivity contribution in [3.8, 4) is 5.75 Å². The van der Waals surface area contributed by atoms with Gasteiger partial charge in [0.05, 0.1) is 18.7 Å². The molecule has 1 saturated carbocycles. The van der Waals surface area contributed by atoms with Crippen molar-refractivity contribution in [2.75, 3.05) is 7.11 Å². The molecule has 1 aliphatic carbocycles. The van der Waals surface area contributed by atoms with E-state index in [1.54, 1.807) is 18.2 Å². The lowest BCUT2D eigenvalue weighted by Crippen LogP contribution is -2.52. The zero-order valence-electron chi connectivity index (χ0n) is 15.3. The minimum absolute atomic E-state index is 0.303. The van der Waals surface area contributed by atoms with E-state index in [9.17, 15) is 14.8 Å². The van der Waals surface area contributed by atoms with Crippen LogP contribution in [0.5, 0.6) is 5.75 Å². The van der Waals surface area contributed by atoms with Crippen LogP contribution >= 0.6 is 0 Å². The van der Waals surface area contributed by atoms with Crippen molar-refractivity contribution in [2.24, 2.45) is 11.1 Å². The molecule has 1 aliphatic heterocycles. The molecule has 2 aromatic carbocycles. The second-order valence-corrected chi connectivity index (χ2v) is 6.97. The van der Waals surface area contributed by atoms with Gasteiger partial charge in [0.15, 0.2) is 5.60 Å². The molecule has 3 atom stereocenters. The minimum atomic E-state index is -1.17. The van der Waals surface area contributed by atoms with E-state index in [4.69, 9.17) is 9.47 Å². The summed E-state index contributed by atoms with van der Waals surface area (Å²) in [5.74, 6) is -0.822. The molecule has 2 N–H and O–H groups in total. The van der Waals surface area contributed by atoms with E-state index in [0.29, 0.717) is 29.9 Å². The molecule has 1 heterocycles. The van der Waals surface area contributed by atoms with Crippen LogP contribution in [-0.4, -0.2) is 41.5 Å². The first-order valence-corrected chi connectivity index (χ1v) is 9.02. The quantitative estimate of drug-likeness (QED) is 0.469. The highest BCUT2D eigenvalue weighted by Crippen LogP contribution is 2.54. The molecule has 28 heavy (non-hydrogen) atoms. The number of nitrogens with one attached hydrogen (secondary N) is 1. The molecule has 2 aromatic rings. The first kappa shape index (κ1) is 18.0. The Bertz CT molecular complexity index is 943. The number of hydrogen-bond donors (Lipinski definition) is 2. The van der Waals surface area contributed by atoms with Gasteiger partial charge in [0.2, 0.25) is 0 Å². The molecule has 0 spiro atoms. The monoisotopic (exact) mass is 380 g/mol. The number of benzene rings is 2. The Morgan fingerprint density at radius 2 is 1.96 bits per heavy atom. The van der Waals surface area contributed by atoms with Crippen molar-refractivity contribution in [2.45, 2.75) is 24.5 Å². The molecule has 7 nitrogen and oxygen atoms in total. The molecule has 1 amide bonds. The summed E-state index contributed by atoms with van der Waals surface area (Å²) in [4.78, 5) is 25.3. The van der Waals surface area contributed by atoms with E-state index in [-0.39, 0.29) is 5.92 Å². The summed E-state index contributed by atoms with van der Waals surface area (Å²) in [5.41, 5.74) is 0.828. The van der Waals surface area contributed by atoms with Crippen molar-refractivity contribution in [1.29, 1.82) is 0 Å². The fourth-order valence-electron chi connectivity index (χ4n) is 3.71. The van der Waals surface area contributed by atoms with Crippen LogP contribution in [0.4, 0.5) is 0 Å². The van der Waals surface area contributed by atoms with E-state index in [0.717, 1.165) is 5.56 Å². The topological polar surface area (TPSA) is 97.2 Å². The van der Waals surface area contributed by atoms with Gasteiger partial charge in [-0.3, -0.25) is 4.79 Å². The summed E-state index contributed by atoms with van der Waals surface area (Å²) in [6, 6.07) is 15.7. The highest BCUT2D eigenvalue weighted by Gasteiger charge is 2.68. The van der Waals surface area contributed by atoms with Crippen molar-refractivity contribution in [1.82, 2.24) is 5.32 Å². The van der Waals surface area contributed by atoms with Gasteiger partial charge in [0.25, 0.3) is 5.91 Å². The van der Waals surface area contributed by atoms with Gasteiger partial charge in [-0.1, -0.05) is 47.6 Å². The standard InChI is InChI=1S/C21H20N2O5/c1-27-19(24)16(11-13-7-3-2-4-8-13)22-20(25)21-12-15(21)18(23-26)14-9-5-6-10-17(14)28-21/h2-10,15-16,26H,11-12H2,1H3,(H,22,25)/b23-18-/t15?,16-,21?/m1/s1. The predicted octanol–water partition coefficient (Wildman–Crippen LogP) is 1.92. The van der Waals surface area contributed by atoms with E-state index in [1.165, 1.54) is 7.11 Å². The summed E-state index contributed by atoms with van der Waals surface area (Å²) in [6.45, 7) is 0. The maximum Gasteiger partial charge on any atom is 0.328 e. The number of nitrogens with zero attached hydrogens (tertiary/aromatic N) is 1. The summed E-state index contributed by atoms with van der Waals surface area (Å²) in [5, 5.41) is 15.6. The van der Waals surface area contributed by atoms with Gasteiger partial charge in [-0.15, -0.1) is 0 Å². The molecule has 2 unspecified atom stereocenters. The number of para-hydroxylation sites is 1. The molecule has 0 saturated heterocycles. The molecule has 7 heteroatoms. The van der Waals surface area contributed by atoms with Gasteiger partial charge in [-0.05, 0) is 17.7 Å². The number of carbonyl (C=O) groups excluding carboxylic acids is 2. The average Bonchev–Trinajstić information content (AvgIpc) is 3.47. The van der Waals surface area contributed by atoms with Crippen molar-refractivity contribution < 1.29 is 24.3 Å². The molecule has 0 radical (unpaired) electrons. The maximum absolute atomic E-state index is 13.1. The highest BCUT2D eigenvalue weighted by molar-refractivity contribution is 6.13. The number of ether oxygens (including phenoxy) is 2. The fourth-order valence-corrected chi connectivity index (χ4v) is 3.71. The Morgan fingerprint density at radius 1 is 1.25 bits per heavy atom. The second-order valence-electron chi connectivity index (χ2n) is 6.97. The van der Waals surface area contributed by atoms with Gasteiger partial charge < -0.3 is 20.0 Å². The molecular formula is C21H20N2O5. The van der Waals surface area contributed by atoms with Crippen LogP contribution in [0.25, 0.3) is 0 Å². The first-order valence-electron chi connectivity index (χ1n) is 9.02. The largest absolute Gasteiger partial charge is 0.476 e. The third kappa shape index (κ3) is 2.98. The Balaban J connectivity index is 1.56. The van der Waals surface area contributed by atoms with E-state index >= 15 is 0 Å². The van der Waals surface area contributed by atoms with Crippen LogP contribution in [0.1, 0.15) is 17.5 Å². The van der Waals surface area contributed by atoms with Gasteiger partial charge >= 0.3 is 5.97 Å². The van der Waals surface area contributed by atoms with Gasteiger partial charge in [0.1, 0.15) is 11.8 Å². The number of rotatable bonds is 5. The number of methoxy groups -OCH3 is 1. The van der Waals surface area contributed by atoms with Crippen molar-refractivity contribution in [3.63, 3.8) is 0 Å². The van der Waals surface area contributed by atoms with E-state index < -0.39 is 23.5 Å². The summed E-state index contributed by atoms with van der Waals surface area (Å²) in [7, 11) is 1.29. The second kappa shape index (κ2) is 6.99. The van der Waals surface area contributed by atoms with E-state index in [1.807, 2.05) is 36.4 Å². The smallest absolute Gasteiger partial charge is 0.328 e. The third-order valence-corrected chi connectivity index (χ3v) is 5.26. The minimum Gasteiger partial charge on any atom is -0.476 e. The lowest BCUT2D eigenvalue weighted by molar-refractivity contribution is -0.146. The van der Waals surface area contributed by atoms with Crippen LogP contribution in [0, 0.1) is 5.92 Å². The average molecular weight is 380 g/mol. The normalized spacial score (nSPS) is 24.3. The maximum atomic E-state index is 13.1. The van der Waals surface area contributed by atoms with Crippen molar-refractivity contribution in [3.05, 3.63) is 65.7 Å². The Morgan fingerprint density at radius 3 is 2.68 bits per heavy atom. The number of amides is 1. The van der Waals surface area contributed by atoms with Crippen LogP contribution in [0.2, 0.25) is 0 Å². The van der Waals surface area contributed by atoms with Gasteiger partial charge in [-0.2, -0.15) is 0 Å². The third-order valence-electron chi connectivity index (χ3n) is 5.26. The Hall–Kier alpha value is -3.35. The molecule has 0 aromatic heterocycles. The molecule has 1 fully saturated rings. The number of oxime groups is 1. The summed E-state index contributed by atoms with van der Waals surface area (Å²) < 4.78 is 10.9. The lowest BCUT2D eigenvalue weighted by Gasteiger charge is -2.27. The zero-order chi connectivity index (χ0) is 19.7. The fraction of sp³-hybridized carbons (Fsp3) is 0.286. The van der Waals surface area contributed by atoms with Gasteiger partial charge in [0, 0.05) is 18.4 Å². The molecular weight excluding hydrogens is 360 g/mol.